The van der Waals surface area contributed by atoms with Gasteiger partial charge in [-0.15, -0.1) is 0 Å². The zero-order valence-corrected chi connectivity index (χ0v) is 15.6. The number of rotatable bonds is 9. The summed E-state index contributed by atoms with van der Waals surface area (Å²) < 4.78 is 15.9. The number of nitrogens with zero attached hydrogens (tertiary/aromatic N) is 1. The number of nitrogens with two attached hydrogens (primary N) is 1. The van der Waals surface area contributed by atoms with Gasteiger partial charge in [0.25, 0.3) is 0 Å². The van der Waals surface area contributed by atoms with E-state index in [1.165, 1.54) is 0 Å². The standard InChI is InChI=1S/C20H27N3O3/c1-24-14-16-7-4-5-9-18(16)23-20(21)22-12-6-8-15-13-17(25-2)10-11-19(15)26-3/h4-5,7,9-11,13H,6,8,12,14H2,1-3H3,(H3,21,22,23). The Morgan fingerprint density at radius 3 is 2.58 bits per heavy atom. The molecule has 0 fully saturated rings. The fourth-order valence-electron chi connectivity index (χ4n) is 2.65. The number of hydrogen-bond donors (Lipinski definition) is 2. The van der Waals surface area contributed by atoms with Gasteiger partial charge < -0.3 is 25.3 Å². The number of nitrogens with one attached hydrogen (secondary N) is 1. The van der Waals surface area contributed by atoms with Crippen molar-refractivity contribution in [3.63, 3.8) is 0 Å². The molecule has 3 N–H and O–H groups in total. The Labute approximate surface area is 155 Å². The van der Waals surface area contributed by atoms with Gasteiger partial charge in [0.05, 0.1) is 20.8 Å². The molecule has 0 aliphatic heterocycles. The van der Waals surface area contributed by atoms with Gasteiger partial charge >= 0.3 is 0 Å². The molecular formula is C20H27N3O3. The third-order valence-electron chi connectivity index (χ3n) is 3.95. The number of benzene rings is 2. The number of guanidine groups is 1. The SMILES string of the molecule is COCc1ccccc1NC(N)=NCCCc1cc(OC)ccc1OC. The van der Waals surface area contributed by atoms with E-state index < -0.39 is 0 Å². The summed E-state index contributed by atoms with van der Waals surface area (Å²) in [5, 5.41) is 3.14. The van der Waals surface area contributed by atoms with Crippen molar-refractivity contribution in [1.29, 1.82) is 0 Å². The van der Waals surface area contributed by atoms with Gasteiger partial charge in [0.1, 0.15) is 11.5 Å². The van der Waals surface area contributed by atoms with Crippen LogP contribution in [0, 0.1) is 0 Å². The highest BCUT2D eigenvalue weighted by Gasteiger charge is 2.05. The van der Waals surface area contributed by atoms with Gasteiger partial charge in [-0.1, -0.05) is 18.2 Å². The molecule has 0 amide bonds. The zero-order valence-electron chi connectivity index (χ0n) is 15.6. The first-order valence-corrected chi connectivity index (χ1v) is 8.52. The second-order valence-corrected chi connectivity index (χ2v) is 5.76. The molecule has 0 bridgehead atoms. The van der Waals surface area contributed by atoms with Gasteiger partial charge in [-0.25, -0.2) is 0 Å². The van der Waals surface area contributed by atoms with E-state index in [0.717, 1.165) is 41.2 Å². The minimum atomic E-state index is 0.395. The predicted octanol–water partition coefficient (Wildman–Crippen LogP) is 3.21. The Kier molecular flexibility index (Phi) is 7.76. The molecule has 6 heteroatoms. The first kappa shape index (κ1) is 19.6. The predicted molar refractivity (Wildman–Crippen MR) is 105 cm³/mol. The Hall–Kier alpha value is -2.73. The molecule has 0 aromatic heterocycles. The summed E-state index contributed by atoms with van der Waals surface area (Å²) >= 11 is 0. The molecule has 0 saturated heterocycles. The molecule has 0 heterocycles. The lowest BCUT2D eigenvalue weighted by atomic mass is 10.1. The van der Waals surface area contributed by atoms with Crippen LogP contribution in [0.25, 0.3) is 0 Å². The molecule has 2 aromatic rings. The monoisotopic (exact) mass is 357 g/mol. The maximum atomic E-state index is 6.01. The molecule has 2 aromatic carbocycles. The molecule has 140 valence electrons. The number of para-hydroxylation sites is 1. The largest absolute Gasteiger partial charge is 0.497 e. The number of methoxy groups -OCH3 is 3. The summed E-state index contributed by atoms with van der Waals surface area (Å²) in [6, 6.07) is 13.7. The smallest absolute Gasteiger partial charge is 0.193 e. The van der Waals surface area contributed by atoms with E-state index in [0.29, 0.717) is 19.1 Å². The minimum Gasteiger partial charge on any atom is -0.497 e. The second kappa shape index (κ2) is 10.3. The normalized spacial score (nSPS) is 11.3. The number of ether oxygens (including phenoxy) is 3. The van der Waals surface area contributed by atoms with Gasteiger partial charge in [0.15, 0.2) is 5.96 Å². The van der Waals surface area contributed by atoms with Gasteiger partial charge in [0.2, 0.25) is 0 Å². The Morgan fingerprint density at radius 2 is 1.85 bits per heavy atom. The van der Waals surface area contributed by atoms with Crippen molar-refractivity contribution in [2.24, 2.45) is 10.7 Å². The number of anilines is 1. The highest BCUT2D eigenvalue weighted by atomic mass is 16.5. The van der Waals surface area contributed by atoms with Crippen molar-refractivity contribution in [3.8, 4) is 11.5 Å². The molecular weight excluding hydrogens is 330 g/mol. The second-order valence-electron chi connectivity index (χ2n) is 5.76. The first-order valence-electron chi connectivity index (χ1n) is 8.52. The molecule has 0 saturated carbocycles. The van der Waals surface area contributed by atoms with Crippen molar-refractivity contribution in [3.05, 3.63) is 53.6 Å². The lowest BCUT2D eigenvalue weighted by Crippen LogP contribution is -2.23. The number of aliphatic imine (C=N–C) groups is 1. The third kappa shape index (κ3) is 5.67. The van der Waals surface area contributed by atoms with Crippen molar-refractivity contribution in [2.45, 2.75) is 19.4 Å². The summed E-state index contributed by atoms with van der Waals surface area (Å²) in [5.41, 5.74) is 9.05. The van der Waals surface area contributed by atoms with Crippen molar-refractivity contribution in [1.82, 2.24) is 0 Å². The van der Waals surface area contributed by atoms with Gasteiger partial charge in [0, 0.05) is 24.9 Å². The lowest BCUT2D eigenvalue weighted by Gasteiger charge is -2.11. The van der Waals surface area contributed by atoms with Crippen LogP contribution in [-0.4, -0.2) is 33.8 Å². The maximum absolute atomic E-state index is 6.01. The molecule has 26 heavy (non-hydrogen) atoms. The number of aryl methyl sites for hydroxylation is 1. The van der Waals surface area contributed by atoms with Crippen LogP contribution in [-0.2, 0) is 17.8 Å². The van der Waals surface area contributed by atoms with Crippen LogP contribution in [0.3, 0.4) is 0 Å². The topological polar surface area (TPSA) is 78.1 Å². The van der Waals surface area contributed by atoms with E-state index >= 15 is 0 Å². The molecule has 0 aliphatic rings. The molecule has 0 unspecified atom stereocenters. The molecule has 0 radical (unpaired) electrons. The maximum Gasteiger partial charge on any atom is 0.193 e. The van der Waals surface area contributed by atoms with Crippen LogP contribution in [0.4, 0.5) is 5.69 Å². The summed E-state index contributed by atoms with van der Waals surface area (Å²) in [4.78, 5) is 4.40. The third-order valence-corrected chi connectivity index (χ3v) is 3.95. The van der Waals surface area contributed by atoms with Crippen LogP contribution in [0.2, 0.25) is 0 Å². The van der Waals surface area contributed by atoms with E-state index in [4.69, 9.17) is 19.9 Å². The Bertz CT molecular complexity index is 732. The highest BCUT2D eigenvalue weighted by molar-refractivity contribution is 5.92. The van der Waals surface area contributed by atoms with E-state index in [2.05, 4.69) is 10.3 Å². The Morgan fingerprint density at radius 1 is 1.04 bits per heavy atom. The summed E-state index contributed by atoms with van der Waals surface area (Å²) in [7, 11) is 4.99. The van der Waals surface area contributed by atoms with Crippen LogP contribution < -0.4 is 20.5 Å². The highest BCUT2D eigenvalue weighted by Crippen LogP contribution is 2.25. The quantitative estimate of drug-likeness (QED) is 0.409. The van der Waals surface area contributed by atoms with Gasteiger partial charge in [-0.05, 0) is 42.7 Å². The average molecular weight is 357 g/mol. The van der Waals surface area contributed by atoms with Crippen molar-refractivity contribution >= 4 is 11.6 Å². The van der Waals surface area contributed by atoms with Crippen LogP contribution in [0.15, 0.2) is 47.5 Å². The van der Waals surface area contributed by atoms with Gasteiger partial charge in [-0.2, -0.15) is 0 Å². The lowest BCUT2D eigenvalue weighted by molar-refractivity contribution is 0.185. The molecule has 0 aliphatic carbocycles. The fourth-order valence-corrected chi connectivity index (χ4v) is 2.65. The summed E-state index contributed by atoms with van der Waals surface area (Å²) in [6.07, 6.45) is 1.68. The van der Waals surface area contributed by atoms with E-state index in [1.807, 2.05) is 42.5 Å². The van der Waals surface area contributed by atoms with Crippen LogP contribution in [0.5, 0.6) is 11.5 Å². The molecule has 6 nitrogen and oxygen atoms in total. The van der Waals surface area contributed by atoms with Gasteiger partial charge in [-0.3, -0.25) is 4.99 Å². The molecule has 0 atom stereocenters. The van der Waals surface area contributed by atoms with Crippen LogP contribution in [0.1, 0.15) is 17.5 Å². The Balaban J connectivity index is 1.91. The fraction of sp³-hybridized carbons (Fsp3) is 0.350. The summed E-state index contributed by atoms with van der Waals surface area (Å²) in [6.45, 7) is 1.14. The van der Waals surface area contributed by atoms with Crippen molar-refractivity contribution in [2.75, 3.05) is 33.2 Å². The minimum absolute atomic E-state index is 0.395. The zero-order chi connectivity index (χ0) is 18.8. The van der Waals surface area contributed by atoms with E-state index in [9.17, 15) is 0 Å². The summed E-state index contributed by atoms with van der Waals surface area (Å²) in [5.74, 6) is 2.07. The van der Waals surface area contributed by atoms with Crippen molar-refractivity contribution < 1.29 is 14.2 Å². The first-order chi connectivity index (χ1) is 12.7. The molecule has 2 rings (SSSR count). The van der Waals surface area contributed by atoms with E-state index in [1.54, 1.807) is 21.3 Å². The van der Waals surface area contributed by atoms with Crippen LogP contribution >= 0.6 is 0 Å². The molecule has 0 spiro atoms. The average Bonchev–Trinajstić information content (AvgIpc) is 2.66. The van der Waals surface area contributed by atoms with E-state index in [-0.39, 0.29) is 0 Å². The number of hydrogen-bond acceptors (Lipinski definition) is 4.